The van der Waals surface area contributed by atoms with Crippen LogP contribution >= 0.6 is 0 Å². The van der Waals surface area contributed by atoms with Crippen molar-refractivity contribution in [1.82, 2.24) is 0 Å². The molecule has 0 atom stereocenters. The minimum absolute atomic E-state index is 0.0409. The monoisotopic (exact) mass is 488 g/mol. The summed E-state index contributed by atoms with van der Waals surface area (Å²) < 4.78 is 5.82. The number of carbonyl (C=O) groups excluding carboxylic acids is 1. The molecule has 4 aromatic carbocycles. The molecule has 1 aromatic heterocycles. The normalized spacial score (nSPS) is 12.7. The van der Waals surface area contributed by atoms with Crippen LogP contribution in [0.15, 0.2) is 88.1 Å². The molecular weight excluding hydrogens is 456 g/mol. The molecule has 3 heteroatoms. The van der Waals surface area contributed by atoms with Gasteiger partial charge in [0.2, 0.25) is 0 Å². The average molecular weight is 489 g/mol. The number of hydrogen-bond donors (Lipinski definition) is 0. The SMILES string of the molecule is CC(C)(C)c1cc(C(C)(C)C)c2oc(=O)c(C(=O)/C=C/c3c4ccccc4cc4ccccc34)cc2c1. The van der Waals surface area contributed by atoms with E-state index in [0.29, 0.717) is 5.58 Å². The lowest BCUT2D eigenvalue weighted by Gasteiger charge is -2.26. The third-order valence-corrected chi connectivity index (χ3v) is 6.99. The molecule has 0 saturated carbocycles. The van der Waals surface area contributed by atoms with E-state index >= 15 is 0 Å². The smallest absolute Gasteiger partial charge is 0.347 e. The third-order valence-electron chi connectivity index (χ3n) is 6.99. The molecule has 0 saturated heterocycles. The van der Waals surface area contributed by atoms with Crippen LogP contribution in [0.4, 0.5) is 0 Å². The highest BCUT2D eigenvalue weighted by Gasteiger charge is 2.25. The first kappa shape index (κ1) is 24.7. The summed E-state index contributed by atoms with van der Waals surface area (Å²) in [6.45, 7) is 12.8. The van der Waals surface area contributed by atoms with Gasteiger partial charge in [-0.1, -0.05) is 96.1 Å². The van der Waals surface area contributed by atoms with Gasteiger partial charge in [0.25, 0.3) is 0 Å². The van der Waals surface area contributed by atoms with Gasteiger partial charge in [-0.15, -0.1) is 0 Å². The molecule has 0 bridgehead atoms. The maximum atomic E-state index is 13.4. The average Bonchev–Trinajstić information content (AvgIpc) is 2.84. The molecule has 0 aliphatic rings. The fraction of sp³-hybridized carbons (Fsp3) is 0.235. The van der Waals surface area contributed by atoms with Crippen molar-refractivity contribution in [3.63, 3.8) is 0 Å². The van der Waals surface area contributed by atoms with Crippen LogP contribution in [0.3, 0.4) is 0 Å². The second-order valence-corrected chi connectivity index (χ2v) is 11.8. The Balaban J connectivity index is 1.66. The highest BCUT2D eigenvalue weighted by Crippen LogP contribution is 2.35. The zero-order valence-corrected chi connectivity index (χ0v) is 22.3. The Morgan fingerprint density at radius 3 is 1.89 bits per heavy atom. The van der Waals surface area contributed by atoms with Crippen molar-refractivity contribution in [2.45, 2.75) is 52.4 Å². The van der Waals surface area contributed by atoms with Crippen LogP contribution in [0, 0.1) is 0 Å². The van der Waals surface area contributed by atoms with Gasteiger partial charge < -0.3 is 4.42 Å². The van der Waals surface area contributed by atoms with E-state index in [4.69, 9.17) is 4.42 Å². The highest BCUT2D eigenvalue weighted by atomic mass is 16.4. The molecule has 0 amide bonds. The largest absolute Gasteiger partial charge is 0.422 e. The van der Waals surface area contributed by atoms with Crippen LogP contribution < -0.4 is 5.63 Å². The molecule has 0 unspecified atom stereocenters. The van der Waals surface area contributed by atoms with Crippen molar-refractivity contribution in [3.05, 3.63) is 112 Å². The van der Waals surface area contributed by atoms with Crippen LogP contribution in [0.5, 0.6) is 0 Å². The Kier molecular flexibility index (Phi) is 5.91. The van der Waals surface area contributed by atoms with Crippen LogP contribution in [-0.4, -0.2) is 5.78 Å². The van der Waals surface area contributed by atoms with E-state index in [1.165, 1.54) is 6.08 Å². The summed E-state index contributed by atoms with van der Waals surface area (Å²) in [4.78, 5) is 26.4. The van der Waals surface area contributed by atoms with Crippen LogP contribution in [0.25, 0.3) is 38.6 Å². The van der Waals surface area contributed by atoms with E-state index in [-0.39, 0.29) is 22.2 Å². The summed E-state index contributed by atoms with van der Waals surface area (Å²) in [6.07, 6.45) is 3.31. The summed E-state index contributed by atoms with van der Waals surface area (Å²) in [5.41, 5.74) is 2.71. The number of benzene rings is 4. The maximum absolute atomic E-state index is 13.4. The zero-order chi connectivity index (χ0) is 26.5. The molecule has 0 aliphatic heterocycles. The molecule has 1 heterocycles. The molecule has 3 nitrogen and oxygen atoms in total. The molecule has 0 aliphatic carbocycles. The van der Waals surface area contributed by atoms with Crippen molar-refractivity contribution in [2.75, 3.05) is 0 Å². The first-order valence-corrected chi connectivity index (χ1v) is 12.7. The second-order valence-electron chi connectivity index (χ2n) is 11.8. The van der Waals surface area contributed by atoms with E-state index in [0.717, 1.165) is 43.6 Å². The predicted octanol–water partition coefficient (Wildman–Crippen LogP) is 8.59. The molecule has 0 radical (unpaired) electrons. The molecule has 0 fully saturated rings. The Morgan fingerprint density at radius 2 is 1.32 bits per heavy atom. The second kappa shape index (κ2) is 8.85. The van der Waals surface area contributed by atoms with Gasteiger partial charge in [-0.25, -0.2) is 4.79 Å². The van der Waals surface area contributed by atoms with Crippen molar-refractivity contribution in [1.29, 1.82) is 0 Å². The lowest BCUT2D eigenvalue weighted by Crippen LogP contribution is -2.19. The van der Waals surface area contributed by atoms with Gasteiger partial charge in [0.1, 0.15) is 11.1 Å². The van der Waals surface area contributed by atoms with E-state index in [2.05, 4.69) is 77.9 Å². The Bertz CT molecular complexity index is 1720. The number of carbonyl (C=O) groups is 1. The number of ketones is 1. The Hall–Kier alpha value is -3.98. The van der Waals surface area contributed by atoms with Gasteiger partial charge in [0, 0.05) is 10.9 Å². The van der Waals surface area contributed by atoms with Gasteiger partial charge in [0.15, 0.2) is 5.78 Å². The third kappa shape index (κ3) is 4.62. The van der Waals surface area contributed by atoms with E-state index in [1.807, 2.05) is 36.4 Å². The predicted molar refractivity (Wildman–Crippen MR) is 155 cm³/mol. The molecule has 5 rings (SSSR count). The number of fused-ring (bicyclic) bond motifs is 3. The number of allylic oxidation sites excluding steroid dienone is 1. The molecule has 0 spiro atoms. The summed E-state index contributed by atoms with van der Waals surface area (Å²) in [5.74, 6) is -0.369. The fourth-order valence-corrected chi connectivity index (χ4v) is 4.87. The van der Waals surface area contributed by atoms with Gasteiger partial charge in [0.05, 0.1) is 0 Å². The van der Waals surface area contributed by atoms with Crippen LogP contribution in [0.1, 0.15) is 68.6 Å². The standard InChI is InChI=1S/C34H32O3/c1-33(2,3)24-18-23-19-28(32(36)37-31(23)29(20-24)34(4,5)6)30(35)16-15-27-25-13-9-7-11-21(25)17-22-12-8-10-14-26(22)27/h7-20H,1-6H3/b16-15+. The lowest BCUT2D eigenvalue weighted by molar-refractivity contribution is 0.104. The molecule has 37 heavy (non-hydrogen) atoms. The zero-order valence-electron chi connectivity index (χ0n) is 22.3. The van der Waals surface area contributed by atoms with Crippen molar-refractivity contribution >= 4 is 44.4 Å². The summed E-state index contributed by atoms with van der Waals surface area (Å²) >= 11 is 0. The summed E-state index contributed by atoms with van der Waals surface area (Å²) in [6, 6.07) is 24.3. The summed E-state index contributed by atoms with van der Waals surface area (Å²) in [7, 11) is 0. The topological polar surface area (TPSA) is 47.3 Å². The number of hydrogen-bond acceptors (Lipinski definition) is 3. The molecule has 5 aromatic rings. The van der Waals surface area contributed by atoms with Gasteiger partial charge >= 0.3 is 5.63 Å². The van der Waals surface area contributed by atoms with Gasteiger partial charge in [-0.3, -0.25) is 4.79 Å². The number of rotatable bonds is 3. The summed E-state index contributed by atoms with van der Waals surface area (Å²) in [5, 5.41) is 5.08. The fourth-order valence-electron chi connectivity index (χ4n) is 4.87. The van der Waals surface area contributed by atoms with Gasteiger partial charge in [-0.05, 0) is 73.9 Å². The highest BCUT2D eigenvalue weighted by molar-refractivity contribution is 6.12. The quantitative estimate of drug-likeness (QED) is 0.111. The molecule has 186 valence electrons. The minimum Gasteiger partial charge on any atom is -0.422 e. The maximum Gasteiger partial charge on any atom is 0.347 e. The lowest BCUT2D eigenvalue weighted by atomic mass is 9.79. The van der Waals surface area contributed by atoms with E-state index < -0.39 is 5.63 Å². The van der Waals surface area contributed by atoms with Gasteiger partial charge in [-0.2, -0.15) is 0 Å². The first-order valence-electron chi connectivity index (χ1n) is 12.7. The Labute approximate surface area is 217 Å². The first-order chi connectivity index (χ1) is 17.4. The van der Waals surface area contributed by atoms with E-state index in [1.54, 1.807) is 6.07 Å². The van der Waals surface area contributed by atoms with Crippen molar-refractivity contribution in [2.24, 2.45) is 0 Å². The van der Waals surface area contributed by atoms with Crippen molar-refractivity contribution in [3.8, 4) is 0 Å². The molecular formula is C34H32O3. The van der Waals surface area contributed by atoms with Crippen molar-refractivity contribution < 1.29 is 9.21 Å². The van der Waals surface area contributed by atoms with Crippen LogP contribution in [0.2, 0.25) is 0 Å². The van der Waals surface area contributed by atoms with Crippen LogP contribution in [-0.2, 0) is 10.8 Å². The molecule has 0 N–H and O–H groups in total. The Morgan fingerprint density at radius 1 is 0.730 bits per heavy atom. The van der Waals surface area contributed by atoms with E-state index in [9.17, 15) is 9.59 Å². The minimum atomic E-state index is -0.612.